The number of carbonyl (C=O) groups excluding carboxylic acids is 1. The molecule has 0 amide bonds. The monoisotopic (exact) mass is 254 g/mol. The Balaban J connectivity index is 2.28. The van der Waals surface area contributed by atoms with Gasteiger partial charge in [0.25, 0.3) is 5.56 Å². The quantitative estimate of drug-likeness (QED) is 0.699. The van der Waals surface area contributed by atoms with Gasteiger partial charge in [-0.3, -0.25) is 9.59 Å². The number of fused-ring (bicyclic) bond motifs is 1. The molecule has 2 aromatic heterocycles. The van der Waals surface area contributed by atoms with Gasteiger partial charge in [-0.15, -0.1) is 5.10 Å². The minimum atomic E-state index is -0.431. The van der Waals surface area contributed by atoms with Gasteiger partial charge in [-0.2, -0.15) is 4.68 Å². The van der Waals surface area contributed by atoms with E-state index in [1.54, 1.807) is 0 Å². The number of aromatic amines is 1. The summed E-state index contributed by atoms with van der Waals surface area (Å²) in [5.74, 6) is -0.294. The predicted octanol–water partition coefficient (Wildman–Crippen LogP) is 1.31. The third-order valence-corrected chi connectivity index (χ3v) is 2.83. The van der Waals surface area contributed by atoms with E-state index in [2.05, 4.69) is 15.3 Å². The first kappa shape index (κ1) is 11.3. The number of benzene rings is 1. The maximum atomic E-state index is 11.8. The molecule has 0 saturated heterocycles. The Morgan fingerprint density at radius 3 is 2.68 bits per heavy atom. The summed E-state index contributed by atoms with van der Waals surface area (Å²) in [4.78, 5) is 25.8. The number of hydrogen-bond donors (Lipinski definition) is 1. The summed E-state index contributed by atoms with van der Waals surface area (Å²) in [6.07, 6.45) is 0. The van der Waals surface area contributed by atoms with Crippen LogP contribution in [0.25, 0.3) is 16.9 Å². The Kier molecular flexibility index (Phi) is 2.49. The molecule has 0 aliphatic rings. The number of H-pyrrole nitrogens is 1. The Bertz CT molecular complexity index is 818. The Morgan fingerprint density at radius 1 is 1.26 bits per heavy atom. The third-order valence-electron chi connectivity index (χ3n) is 2.83. The summed E-state index contributed by atoms with van der Waals surface area (Å²) in [5, 5.41) is 7.96. The first-order chi connectivity index (χ1) is 9.16. The van der Waals surface area contributed by atoms with Crippen LogP contribution >= 0.6 is 0 Å². The maximum Gasteiger partial charge on any atom is 0.260 e. The molecule has 1 N–H and O–H groups in total. The van der Waals surface area contributed by atoms with Gasteiger partial charge in [0.15, 0.2) is 11.4 Å². The van der Waals surface area contributed by atoms with Crippen LogP contribution in [0, 0.1) is 0 Å². The molecule has 0 bridgehead atoms. The SMILES string of the molecule is CC(=O)c1cc2nnn(-c3ccccc3)c2[nH]c1=O. The Morgan fingerprint density at radius 2 is 2.00 bits per heavy atom. The normalized spacial score (nSPS) is 10.8. The van der Waals surface area contributed by atoms with E-state index in [4.69, 9.17) is 0 Å². The minimum absolute atomic E-state index is 0.0904. The van der Waals surface area contributed by atoms with Crippen molar-refractivity contribution in [1.29, 1.82) is 0 Å². The fraction of sp³-hybridized carbons (Fsp3) is 0.0769. The van der Waals surface area contributed by atoms with Crippen molar-refractivity contribution in [3.8, 4) is 5.69 Å². The molecule has 0 unspecified atom stereocenters. The van der Waals surface area contributed by atoms with Crippen molar-refractivity contribution >= 4 is 16.9 Å². The molecule has 2 heterocycles. The van der Waals surface area contributed by atoms with Gasteiger partial charge in [0.1, 0.15) is 5.52 Å². The lowest BCUT2D eigenvalue weighted by molar-refractivity contribution is 0.101. The average Bonchev–Trinajstić information content (AvgIpc) is 2.81. The first-order valence-corrected chi connectivity index (χ1v) is 5.72. The molecule has 94 valence electrons. The number of nitrogens with zero attached hydrogens (tertiary/aromatic N) is 3. The van der Waals surface area contributed by atoms with E-state index >= 15 is 0 Å². The van der Waals surface area contributed by atoms with Crippen LogP contribution in [0.1, 0.15) is 17.3 Å². The van der Waals surface area contributed by atoms with Crippen LogP contribution in [0.5, 0.6) is 0 Å². The minimum Gasteiger partial charge on any atom is -0.304 e. The molecule has 6 nitrogen and oxygen atoms in total. The van der Waals surface area contributed by atoms with E-state index in [1.807, 2.05) is 30.3 Å². The highest BCUT2D eigenvalue weighted by molar-refractivity contribution is 5.96. The van der Waals surface area contributed by atoms with E-state index < -0.39 is 5.56 Å². The number of para-hydroxylation sites is 1. The van der Waals surface area contributed by atoms with E-state index in [0.717, 1.165) is 5.69 Å². The Hall–Kier alpha value is -2.76. The number of nitrogens with one attached hydrogen (secondary N) is 1. The number of carbonyl (C=O) groups is 1. The van der Waals surface area contributed by atoms with Crippen molar-refractivity contribution < 1.29 is 4.79 Å². The molecule has 19 heavy (non-hydrogen) atoms. The number of rotatable bonds is 2. The zero-order valence-electron chi connectivity index (χ0n) is 10.1. The summed E-state index contributed by atoms with van der Waals surface area (Å²) in [6, 6.07) is 10.8. The lowest BCUT2D eigenvalue weighted by atomic mass is 10.2. The number of hydrogen-bond acceptors (Lipinski definition) is 4. The molecular formula is C13H10N4O2. The van der Waals surface area contributed by atoms with E-state index in [1.165, 1.54) is 17.7 Å². The van der Waals surface area contributed by atoms with Crippen LogP contribution in [-0.4, -0.2) is 25.8 Å². The summed E-state index contributed by atoms with van der Waals surface area (Å²) in [6.45, 7) is 1.35. The highest BCUT2D eigenvalue weighted by Crippen LogP contribution is 2.13. The highest BCUT2D eigenvalue weighted by atomic mass is 16.1. The van der Waals surface area contributed by atoms with Crippen molar-refractivity contribution in [3.63, 3.8) is 0 Å². The van der Waals surface area contributed by atoms with Gasteiger partial charge in [-0.25, -0.2) is 0 Å². The molecule has 0 atom stereocenters. The number of Topliss-reactive ketones (excluding diaryl/α,β-unsaturated/α-hetero) is 1. The smallest absolute Gasteiger partial charge is 0.260 e. The average molecular weight is 254 g/mol. The second-order valence-electron chi connectivity index (χ2n) is 4.14. The summed E-state index contributed by atoms with van der Waals surface area (Å²) < 4.78 is 1.53. The van der Waals surface area contributed by atoms with Gasteiger partial charge >= 0.3 is 0 Å². The van der Waals surface area contributed by atoms with Crippen LogP contribution in [0.2, 0.25) is 0 Å². The first-order valence-electron chi connectivity index (χ1n) is 5.72. The molecule has 0 aliphatic heterocycles. The van der Waals surface area contributed by atoms with Gasteiger partial charge in [0.05, 0.1) is 11.3 Å². The van der Waals surface area contributed by atoms with Gasteiger partial charge < -0.3 is 4.98 Å². The molecule has 3 rings (SSSR count). The van der Waals surface area contributed by atoms with Gasteiger partial charge in [0.2, 0.25) is 0 Å². The molecule has 0 saturated carbocycles. The summed E-state index contributed by atoms with van der Waals surface area (Å²) >= 11 is 0. The topological polar surface area (TPSA) is 80.6 Å². The molecule has 0 radical (unpaired) electrons. The van der Waals surface area contributed by atoms with Crippen molar-refractivity contribution in [2.45, 2.75) is 6.92 Å². The summed E-state index contributed by atoms with van der Waals surface area (Å²) in [5.41, 5.74) is 1.40. The molecule has 0 spiro atoms. The van der Waals surface area contributed by atoms with Crippen LogP contribution in [0.15, 0.2) is 41.2 Å². The molecule has 3 aromatic rings. The van der Waals surface area contributed by atoms with Crippen LogP contribution < -0.4 is 5.56 Å². The zero-order valence-corrected chi connectivity index (χ0v) is 10.1. The third kappa shape index (κ3) is 1.83. The van der Waals surface area contributed by atoms with Crippen molar-refractivity contribution in [2.24, 2.45) is 0 Å². The van der Waals surface area contributed by atoms with Gasteiger partial charge in [-0.05, 0) is 25.1 Å². The maximum absolute atomic E-state index is 11.8. The van der Waals surface area contributed by atoms with Crippen molar-refractivity contribution in [1.82, 2.24) is 20.0 Å². The van der Waals surface area contributed by atoms with Crippen molar-refractivity contribution in [3.05, 3.63) is 52.3 Å². The van der Waals surface area contributed by atoms with E-state index in [0.29, 0.717) is 11.2 Å². The molecular weight excluding hydrogens is 244 g/mol. The fourth-order valence-electron chi connectivity index (χ4n) is 1.90. The molecule has 0 fully saturated rings. The summed E-state index contributed by atoms with van der Waals surface area (Å²) in [7, 11) is 0. The second kappa shape index (κ2) is 4.16. The lowest BCUT2D eigenvalue weighted by Gasteiger charge is -2.01. The number of pyridine rings is 1. The fourth-order valence-corrected chi connectivity index (χ4v) is 1.90. The van der Waals surface area contributed by atoms with Crippen LogP contribution in [0.3, 0.4) is 0 Å². The van der Waals surface area contributed by atoms with Crippen LogP contribution in [-0.2, 0) is 0 Å². The van der Waals surface area contributed by atoms with Gasteiger partial charge in [-0.1, -0.05) is 23.4 Å². The lowest BCUT2D eigenvalue weighted by Crippen LogP contribution is -2.16. The van der Waals surface area contributed by atoms with Gasteiger partial charge in [0, 0.05) is 0 Å². The van der Waals surface area contributed by atoms with E-state index in [9.17, 15) is 9.59 Å². The molecule has 0 aliphatic carbocycles. The zero-order chi connectivity index (χ0) is 13.4. The number of ketones is 1. The molecule has 1 aromatic carbocycles. The highest BCUT2D eigenvalue weighted by Gasteiger charge is 2.12. The number of aromatic nitrogens is 4. The van der Waals surface area contributed by atoms with Crippen molar-refractivity contribution in [2.75, 3.05) is 0 Å². The molecule has 6 heteroatoms. The Labute approximate surface area is 107 Å². The largest absolute Gasteiger partial charge is 0.304 e. The standard InChI is InChI=1S/C13H10N4O2/c1-8(18)10-7-11-12(14-13(10)19)17(16-15-11)9-5-3-2-4-6-9/h2-7H,1H3,(H,14,19). The van der Waals surface area contributed by atoms with Crippen LogP contribution in [0.4, 0.5) is 0 Å². The second-order valence-corrected chi connectivity index (χ2v) is 4.14. The predicted molar refractivity (Wildman–Crippen MR) is 69.5 cm³/mol. The van der Waals surface area contributed by atoms with E-state index in [-0.39, 0.29) is 11.3 Å².